The van der Waals surface area contributed by atoms with Crippen LogP contribution in [0.3, 0.4) is 0 Å². The molecule has 0 saturated carbocycles. The Morgan fingerprint density at radius 1 is 1.03 bits per heavy atom. The van der Waals surface area contributed by atoms with Crippen molar-refractivity contribution in [2.45, 2.75) is 51.5 Å². The number of carbonyl (C=O) groups excluding carboxylic acids is 2. The summed E-state index contributed by atoms with van der Waals surface area (Å²) in [4.78, 5) is 35.3. The van der Waals surface area contributed by atoms with Gasteiger partial charge in [-0.2, -0.15) is 0 Å². The SMILES string of the molecule is CC[C@@H](CC(=O)O)NC(=O)C(C)CCCNC(=O)OCC1c2ccccc2-c2ccccc21. The third kappa shape index (κ3) is 6.34. The molecule has 1 aliphatic rings. The van der Waals surface area contributed by atoms with Gasteiger partial charge in [0.05, 0.1) is 6.42 Å². The number of alkyl carbamates (subject to hydrolysis) is 1. The van der Waals surface area contributed by atoms with E-state index < -0.39 is 12.1 Å². The lowest BCUT2D eigenvalue weighted by molar-refractivity contribution is -0.137. The summed E-state index contributed by atoms with van der Waals surface area (Å²) in [5, 5.41) is 14.4. The van der Waals surface area contributed by atoms with E-state index in [2.05, 4.69) is 34.9 Å². The van der Waals surface area contributed by atoms with Gasteiger partial charge in [0.2, 0.25) is 5.91 Å². The normalized spacial score (nSPS) is 14.0. The summed E-state index contributed by atoms with van der Waals surface area (Å²) in [6.45, 7) is 4.31. The van der Waals surface area contributed by atoms with Crippen molar-refractivity contribution in [1.29, 1.82) is 0 Å². The van der Waals surface area contributed by atoms with Gasteiger partial charge in [-0.1, -0.05) is 62.4 Å². The Morgan fingerprint density at radius 3 is 2.21 bits per heavy atom. The lowest BCUT2D eigenvalue weighted by Gasteiger charge is -2.18. The topological polar surface area (TPSA) is 105 Å². The summed E-state index contributed by atoms with van der Waals surface area (Å²) < 4.78 is 5.51. The Labute approximate surface area is 194 Å². The van der Waals surface area contributed by atoms with Gasteiger partial charge in [-0.25, -0.2) is 4.79 Å². The quantitative estimate of drug-likeness (QED) is 0.441. The molecule has 0 saturated heterocycles. The second kappa shape index (κ2) is 11.5. The molecular weight excluding hydrogens is 420 g/mol. The molecule has 2 atom stereocenters. The minimum Gasteiger partial charge on any atom is -0.481 e. The second-order valence-corrected chi connectivity index (χ2v) is 8.51. The number of nitrogens with one attached hydrogen (secondary N) is 2. The first kappa shape index (κ1) is 24.3. The molecule has 0 fully saturated rings. The van der Waals surface area contributed by atoms with Gasteiger partial charge in [-0.05, 0) is 41.5 Å². The number of aliphatic carboxylic acids is 1. The van der Waals surface area contributed by atoms with Gasteiger partial charge in [0.25, 0.3) is 0 Å². The lowest BCUT2D eigenvalue weighted by Crippen LogP contribution is -2.39. The number of fused-ring (bicyclic) bond motifs is 3. The number of rotatable bonds is 11. The number of carbonyl (C=O) groups is 3. The molecule has 0 radical (unpaired) electrons. The Morgan fingerprint density at radius 2 is 1.64 bits per heavy atom. The third-order valence-corrected chi connectivity index (χ3v) is 6.13. The maximum absolute atomic E-state index is 12.3. The highest BCUT2D eigenvalue weighted by Crippen LogP contribution is 2.44. The molecule has 0 spiro atoms. The van der Waals surface area contributed by atoms with Crippen molar-refractivity contribution in [3.63, 3.8) is 0 Å². The molecule has 33 heavy (non-hydrogen) atoms. The highest BCUT2D eigenvalue weighted by Gasteiger charge is 2.29. The summed E-state index contributed by atoms with van der Waals surface area (Å²) in [7, 11) is 0. The molecular formula is C26H32N2O5. The van der Waals surface area contributed by atoms with Gasteiger partial charge in [0.1, 0.15) is 6.61 Å². The van der Waals surface area contributed by atoms with Crippen LogP contribution in [0.5, 0.6) is 0 Å². The fraction of sp³-hybridized carbons (Fsp3) is 0.423. The molecule has 7 nitrogen and oxygen atoms in total. The Kier molecular flexibility index (Phi) is 8.46. The summed E-state index contributed by atoms with van der Waals surface area (Å²) in [5.41, 5.74) is 4.70. The molecule has 176 valence electrons. The number of benzene rings is 2. The largest absolute Gasteiger partial charge is 0.481 e. The molecule has 3 N–H and O–H groups in total. The number of carboxylic acid groups (broad SMARTS) is 1. The van der Waals surface area contributed by atoms with Gasteiger partial charge in [0.15, 0.2) is 0 Å². The second-order valence-electron chi connectivity index (χ2n) is 8.51. The van der Waals surface area contributed by atoms with E-state index in [1.54, 1.807) is 6.92 Å². The first-order chi connectivity index (χ1) is 15.9. The van der Waals surface area contributed by atoms with E-state index in [4.69, 9.17) is 9.84 Å². The van der Waals surface area contributed by atoms with Crippen molar-refractivity contribution >= 4 is 18.0 Å². The summed E-state index contributed by atoms with van der Waals surface area (Å²) in [6.07, 6.45) is 1.21. The number of carboxylic acids is 1. The summed E-state index contributed by atoms with van der Waals surface area (Å²) >= 11 is 0. The molecule has 0 aliphatic heterocycles. The number of amides is 2. The molecule has 1 aliphatic carbocycles. The number of ether oxygens (including phenoxy) is 1. The van der Waals surface area contributed by atoms with Gasteiger partial charge in [-0.15, -0.1) is 0 Å². The minimum atomic E-state index is -0.929. The van der Waals surface area contributed by atoms with Crippen molar-refractivity contribution < 1.29 is 24.2 Å². The number of hydrogen-bond acceptors (Lipinski definition) is 4. The average molecular weight is 453 g/mol. The fourth-order valence-corrected chi connectivity index (χ4v) is 4.23. The van der Waals surface area contributed by atoms with Crippen LogP contribution in [0.2, 0.25) is 0 Å². The smallest absolute Gasteiger partial charge is 0.407 e. The Hall–Kier alpha value is -3.35. The van der Waals surface area contributed by atoms with Gasteiger partial charge in [0, 0.05) is 24.4 Å². The van der Waals surface area contributed by atoms with Crippen molar-refractivity contribution in [1.82, 2.24) is 10.6 Å². The van der Waals surface area contributed by atoms with Crippen LogP contribution in [-0.2, 0) is 14.3 Å². The first-order valence-corrected chi connectivity index (χ1v) is 11.5. The standard InChI is InChI=1S/C26H32N2O5/c1-3-18(15-24(29)30)28-25(31)17(2)9-8-14-27-26(32)33-16-23-21-12-6-4-10-19(21)20-11-5-7-13-22(20)23/h4-7,10-13,17-18,23H,3,8-9,14-16H2,1-2H3,(H,27,32)(H,28,31)(H,29,30)/t17?,18-/m0/s1. The summed E-state index contributed by atoms with van der Waals surface area (Å²) in [6, 6.07) is 16.0. The highest BCUT2D eigenvalue weighted by molar-refractivity contribution is 5.80. The predicted molar refractivity (Wildman–Crippen MR) is 126 cm³/mol. The van der Waals surface area contributed by atoms with E-state index in [-0.39, 0.29) is 36.8 Å². The van der Waals surface area contributed by atoms with Crippen molar-refractivity contribution in [2.75, 3.05) is 13.2 Å². The van der Waals surface area contributed by atoms with Crippen molar-refractivity contribution in [2.24, 2.45) is 5.92 Å². The maximum atomic E-state index is 12.3. The Balaban J connectivity index is 1.40. The van der Waals surface area contributed by atoms with Crippen molar-refractivity contribution in [3.8, 4) is 11.1 Å². The molecule has 2 aromatic rings. The Bertz CT molecular complexity index is 945. The molecule has 7 heteroatoms. The van der Waals surface area contributed by atoms with Crippen LogP contribution in [0.1, 0.15) is 56.6 Å². The minimum absolute atomic E-state index is 0.0178. The lowest BCUT2D eigenvalue weighted by atomic mass is 9.98. The average Bonchev–Trinajstić information content (AvgIpc) is 3.13. The maximum Gasteiger partial charge on any atom is 0.407 e. The van der Waals surface area contributed by atoms with E-state index in [1.165, 1.54) is 22.3 Å². The zero-order valence-electron chi connectivity index (χ0n) is 19.2. The van der Waals surface area contributed by atoms with Crippen LogP contribution in [0.15, 0.2) is 48.5 Å². The zero-order chi connectivity index (χ0) is 23.8. The van der Waals surface area contributed by atoms with E-state index in [1.807, 2.05) is 31.2 Å². The molecule has 2 amide bonds. The van der Waals surface area contributed by atoms with Crippen molar-refractivity contribution in [3.05, 3.63) is 59.7 Å². The molecule has 1 unspecified atom stereocenters. The van der Waals surface area contributed by atoms with Gasteiger partial charge < -0.3 is 20.5 Å². The fourth-order valence-electron chi connectivity index (χ4n) is 4.23. The first-order valence-electron chi connectivity index (χ1n) is 11.5. The zero-order valence-corrected chi connectivity index (χ0v) is 19.2. The van der Waals surface area contributed by atoms with Gasteiger partial charge >= 0.3 is 12.1 Å². The monoisotopic (exact) mass is 452 g/mol. The molecule has 2 aromatic carbocycles. The van der Waals surface area contributed by atoms with Crippen LogP contribution in [0.25, 0.3) is 11.1 Å². The van der Waals surface area contributed by atoms with E-state index in [0.29, 0.717) is 25.8 Å². The molecule has 0 aromatic heterocycles. The predicted octanol–water partition coefficient (Wildman–Crippen LogP) is 4.31. The van der Waals surface area contributed by atoms with Crippen LogP contribution in [-0.4, -0.2) is 42.3 Å². The number of hydrogen-bond donors (Lipinski definition) is 3. The summed E-state index contributed by atoms with van der Waals surface area (Å²) in [5.74, 6) is -1.34. The van der Waals surface area contributed by atoms with E-state index >= 15 is 0 Å². The highest BCUT2D eigenvalue weighted by atomic mass is 16.5. The van der Waals surface area contributed by atoms with Crippen LogP contribution in [0, 0.1) is 5.92 Å². The van der Waals surface area contributed by atoms with Crippen LogP contribution in [0.4, 0.5) is 4.79 Å². The van der Waals surface area contributed by atoms with Crippen LogP contribution < -0.4 is 10.6 Å². The van der Waals surface area contributed by atoms with Gasteiger partial charge in [-0.3, -0.25) is 9.59 Å². The third-order valence-electron chi connectivity index (χ3n) is 6.13. The molecule has 0 bridgehead atoms. The van der Waals surface area contributed by atoms with E-state index in [9.17, 15) is 14.4 Å². The van der Waals surface area contributed by atoms with E-state index in [0.717, 1.165) is 0 Å². The molecule has 3 rings (SSSR count). The molecule has 0 heterocycles. The van der Waals surface area contributed by atoms with Crippen LogP contribution >= 0.6 is 0 Å².